The summed E-state index contributed by atoms with van der Waals surface area (Å²) in [6.45, 7) is 2.30. The Morgan fingerprint density at radius 2 is 2.00 bits per heavy atom. The molecule has 0 bridgehead atoms. The topological polar surface area (TPSA) is 12.9 Å². The molecule has 2 aliphatic carbocycles. The number of allylic oxidation sites excluding steroid dienone is 2. The summed E-state index contributed by atoms with van der Waals surface area (Å²) in [6, 6.07) is 4.35. The van der Waals surface area contributed by atoms with Gasteiger partial charge in [-0.25, -0.2) is 0 Å². The number of nitrogens with zero attached hydrogens (tertiary/aromatic N) is 1. The smallest absolute Gasteiger partial charge is 0.0343 e. The summed E-state index contributed by atoms with van der Waals surface area (Å²) < 4.78 is 0. The van der Waals surface area contributed by atoms with E-state index in [2.05, 4.69) is 30.2 Å². The molecule has 0 saturated heterocycles. The Bertz CT molecular complexity index is 466. The third-order valence-corrected chi connectivity index (χ3v) is 5.32. The third kappa shape index (κ3) is 2.82. The van der Waals surface area contributed by atoms with Gasteiger partial charge in [-0.2, -0.15) is 0 Å². The molecule has 0 aromatic carbocycles. The molecule has 0 aliphatic heterocycles. The molecule has 0 N–H and O–H groups in total. The Morgan fingerprint density at radius 1 is 1.15 bits per heavy atom. The highest BCUT2D eigenvalue weighted by Crippen LogP contribution is 2.55. The van der Waals surface area contributed by atoms with Crippen LogP contribution >= 0.6 is 0 Å². The second kappa shape index (κ2) is 6.11. The van der Waals surface area contributed by atoms with Crippen LogP contribution in [0.15, 0.2) is 30.1 Å². The van der Waals surface area contributed by atoms with E-state index in [1.807, 2.05) is 6.20 Å². The molecule has 0 amide bonds. The van der Waals surface area contributed by atoms with Crippen LogP contribution in [0.2, 0.25) is 0 Å². The average Bonchev–Trinajstić information content (AvgIpc) is 3.08. The van der Waals surface area contributed by atoms with E-state index < -0.39 is 0 Å². The van der Waals surface area contributed by atoms with E-state index in [1.54, 1.807) is 11.1 Å². The van der Waals surface area contributed by atoms with Crippen LogP contribution in [-0.2, 0) is 0 Å². The van der Waals surface area contributed by atoms with Gasteiger partial charge in [-0.3, -0.25) is 4.98 Å². The summed E-state index contributed by atoms with van der Waals surface area (Å²) in [5.74, 6) is 0. The van der Waals surface area contributed by atoms with Crippen molar-refractivity contribution in [1.29, 1.82) is 0 Å². The molecule has 1 fully saturated rings. The highest BCUT2D eigenvalue weighted by molar-refractivity contribution is 5.71. The molecule has 1 spiro atoms. The second-order valence-corrected chi connectivity index (χ2v) is 6.84. The minimum Gasteiger partial charge on any atom is -0.264 e. The number of pyridine rings is 1. The lowest BCUT2D eigenvalue weighted by Gasteiger charge is -2.23. The van der Waals surface area contributed by atoms with E-state index in [9.17, 15) is 0 Å². The van der Waals surface area contributed by atoms with Crippen LogP contribution in [0.3, 0.4) is 0 Å². The molecule has 0 radical (unpaired) electrons. The van der Waals surface area contributed by atoms with Gasteiger partial charge in [-0.05, 0) is 61.1 Å². The van der Waals surface area contributed by atoms with Gasteiger partial charge < -0.3 is 0 Å². The summed E-state index contributed by atoms with van der Waals surface area (Å²) in [5.41, 5.74) is 5.43. The number of hydrogen-bond donors (Lipinski definition) is 0. The fourth-order valence-electron chi connectivity index (χ4n) is 4.28. The van der Waals surface area contributed by atoms with Crippen molar-refractivity contribution in [3.63, 3.8) is 0 Å². The Hall–Kier alpha value is -1.11. The first-order valence-corrected chi connectivity index (χ1v) is 8.44. The number of unbranched alkanes of at least 4 members (excludes halogenated alkanes) is 2. The lowest BCUT2D eigenvalue weighted by molar-refractivity contribution is 0.319. The molecule has 3 rings (SSSR count). The fraction of sp³-hybridized carbons (Fsp3) is 0.632. The quantitative estimate of drug-likeness (QED) is 0.618. The number of rotatable bonds is 5. The normalized spacial score (nSPS) is 21.1. The maximum absolute atomic E-state index is 4.34. The van der Waals surface area contributed by atoms with E-state index in [-0.39, 0.29) is 0 Å². The summed E-state index contributed by atoms with van der Waals surface area (Å²) in [4.78, 5) is 4.34. The van der Waals surface area contributed by atoms with Crippen molar-refractivity contribution in [3.05, 3.63) is 35.7 Å². The first-order chi connectivity index (χ1) is 9.83. The third-order valence-electron chi connectivity index (χ3n) is 5.32. The first kappa shape index (κ1) is 13.9. The SMILES string of the molecule is CCCCCC1=C(c2cccnc2)CC2(CCCC2)C1. The zero-order chi connectivity index (χ0) is 13.8. The highest BCUT2D eigenvalue weighted by Gasteiger charge is 2.40. The van der Waals surface area contributed by atoms with E-state index in [0.717, 1.165) is 0 Å². The van der Waals surface area contributed by atoms with Crippen molar-refractivity contribution < 1.29 is 0 Å². The minimum atomic E-state index is 0.632. The summed E-state index contributed by atoms with van der Waals surface area (Å²) in [6.07, 6.45) is 17.8. The van der Waals surface area contributed by atoms with Crippen LogP contribution in [0.4, 0.5) is 0 Å². The predicted molar refractivity (Wildman–Crippen MR) is 85.4 cm³/mol. The molecule has 108 valence electrons. The van der Waals surface area contributed by atoms with E-state index in [4.69, 9.17) is 0 Å². The maximum atomic E-state index is 4.34. The van der Waals surface area contributed by atoms with E-state index in [1.165, 1.54) is 69.8 Å². The summed E-state index contributed by atoms with van der Waals surface area (Å²) in [5, 5.41) is 0. The largest absolute Gasteiger partial charge is 0.264 e. The molecule has 20 heavy (non-hydrogen) atoms. The highest BCUT2D eigenvalue weighted by atomic mass is 14.6. The van der Waals surface area contributed by atoms with Crippen LogP contribution in [-0.4, -0.2) is 4.98 Å². The Kier molecular flexibility index (Phi) is 4.24. The van der Waals surface area contributed by atoms with Crippen LogP contribution in [0, 0.1) is 5.41 Å². The van der Waals surface area contributed by atoms with Gasteiger partial charge >= 0.3 is 0 Å². The lowest BCUT2D eigenvalue weighted by atomic mass is 9.81. The molecule has 1 aromatic rings. The van der Waals surface area contributed by atoms with Crippen molar-refractivity contribution in [3.8, 4) is 0 Å². The monoisotopic (exact) mass is 269 g/mol. The van der Waals surface area contributed by atoms with Gasteiger partial charge in [0.15, 0.2) is 0 Å². The standard InChI is InChI=1S/C19H27N/c1-2-3-4-8-16-13-19(10-5-6-11-19)14-18(16)17-9-7-12-20-15-17/h7,9,12,15H,2-6,8,10-11,13-14H2,1H3. The van der Waals surface area contributed by atoms with Gasteiger partial charge in [-0.1, -0.05) is 44.2 Å². The molecule has 0 atom stereocenters. The van der Waals surface area contributed by atoms with Crippen LogP contribution in [0.25, 0.3) is 5.57 Å². The first-order valence-electron chi connectivity index (χ1n) is 8.44. The summed E-state index contributed by atoms with van der Waals surface area (Å²) >= 11 is 0. The van der Waals surface area contributed by atoms with Crippen molar-refractivity contribution in [2.45, 2.75) is 71.1 Å². The molecular weight excluding hydrogens is 242 g/mol. The summed E-state index contributed by atoms with van der Waals surface area (Å²) in [7, 11) is 0. The van der Waals surface area contributed by atoms with Crippen molar-refractivity contribution in [1.82, 2.24) is 4.98 Å². The van der Waals surface area contributed by atoms with Crippen LogP contribution in [0.5, 0.6) is 0 Å². The van der Waals surface area contributed by atoms with Gasteiger partial charge in [0.1, 0.15) is 0 Å². The van der Waals surface area contributed by atoms with Gasteiger partial charge in [0.05, 0.1) is 0 Å². The zero-order valence-corrected chi connectivity index (χ0v) is 12.8. The minimum absolute atomic E-state index is 0.632. The van der Waals surface area contributed by atoms with Crippen molar-refractivity contribution >= 4 is 5.57 Å². The fourth-order valence-corrected chi connectivity index (χ4v) is 4.28. The van der Waals surface area contributed by atoms with Crippen molar-refractivity contribution in [2.75, 3.05) is 0 Å². The Labute approximate surface area is 123 Å². The molecular formula is C19H27N. The van der Waals surface area contributed by atoms with E-state index in [0.29, 0.717) is 5.41 Å². The van der Waals surface area contributed by atoms with E-state index >= 15 is 0 Å². The Balaban J connectivity index is 1.81. The Morgan fingerprint density at radius 3 is 2.70 bits per heavy atom. The van der Waals surface area contributed by atoms with Crippen molar-refractivity contribution in [2.24, 2.45) is 5.41 Å². The number of aromatic nitrogens is 1. The van der Waals surface area contributed by atoms with Crippen LogP contribution < -0.4 is 0 Å². The molecule has 1 nitrogen and oxygen atoms in total. The second-order valence-electron chi connectivity index (χ2n) is 6.84. The van der Waals surface area contributed by atoms with Gasteiger partial charge in [0, 0.05) is 12.4 Å². The predicted octanol–water partition coefficient (Wildman–Crippen LogP) is 5.77. The number of hydrogen-bond acceptors (Lipinski definition) is 1. The lowest BCUT2D eigenvalue weighted by Crippen LogP contribution is -2.11. The zero-order valence-electron chi connectivity index (χ0n) is 12.8. The molecule has 1 heterocycles. The molecule has 1 aromatic heterocycles. The van der Waals surface area contributed by atoms with Gasteiger partial charge in [0.2, 0.25) is 0 Å². The molecule has 1 heteroatoms. The molecule has 0 unspecified atom stereocenters. The maximum Gasteiger partial charge on any atom is 0.0343 e. The molecule has 1 saturated carbocycles. The van der Waals surface area contributed by atoms with Crippen LogP contribution in [0.1, 0.15) is 76.7 Å². The van der Waals surface area contributed by atoms with Gasteiger partial charge in [-0.15, -0.1) is 0 Å². The average molecular weight is 269 g/mol. The van der Waals surface area contributed by atoms with Gasteiger partial charge in [0.25, 0.3) is 0 Å². The molecule has 2 aliphatic rings.